The van der Waals surface area contributed by atoms with E-state index in [1.165, 1.54) is 7.11 Å². The second-order valence-electron chi connectivity index (χ2n) is 5.77. The van der Waals surface area contributed by atoms with Crippen LogP contribution >= 0.6 is 0 Å². The zero-order valence-corrected chi connectivity index (χ0v) is 14.6. The van der Waals surface area contributed by atoms with Crippen LogP contribution in [0.25, 0.3) is 11.0 Å². The van der Waals surface area contributed by atoms with Gasteiger partial charge in [-0.05, 0) is 36.4 Å². The molecular formula is C19H19N3O4. The molecule has 7 nitrogen and oxygen atoms in total. The van der Waals surface area contributed by atoms with E-state index >= 15 is 0 Å². The van der Waals surface area contributed by atoms with E-state index in [4.69, 9.17) is 10.1 Å². The molecule has 1 N–H and O–H groups in total. The van der Waals surface area contributed by atoms with E-state index in [2.05, 4.69) is 4.74 Å². The van der Waals surface area contributed by atoms with Crippen LogP contribution in [0.2, 0.25) is 0 Å². The van der Waals surface area contributed by atoms with E-state index in [-0.39, 0.29) is 24.6 Å². The number of nitrogens with one attached hydrogen (secondary N) is 1. The molecule has 0 aliphatic rings. The van der Waals surface area contributed by atoms with Crippen molar-refractivity contribution in [2.24, 2.45) is 7.05 Å². The highest BCUT2D eigenvalue weighted by Gasteiger charge is 2.13. The number of methoxy groups -OCH3 is 1. The van der Waals surface area contributed by atoms with Crippen molar-refractivity contribution < 1.29 is 19.1 Å². The number of nitrogens with zero attached hydrogens (tertiary/aromatic N) is 2. The Labute approximate surface area is 149 Å². The van der Waals surface area contributed by atoms with Crippen LogP contribution in [0.5, 0.6) is 5.75 Å². The van der Waals surface area contributed by atoms with Crippen molar-refractivity contribution in [3.8, 4) is 5.75 Å². The Morgan fingerprint density at radius 1 is 1.04 bits per heavy atom. The fraction of sp³-hybridized carbons (Fsp3) is 0.211. The number of ketones is 1. The van der Waals surface area contributed by atoms with Crippen LogP contribution < -0.4 is 10.4 Å². The van der Waals surface area contributed by atoms with Gasteiger partial charge in [-0.15, -0.1) is 0 Å². The summed E-state index contributed by atoms with van der Waals surface area (Å²) in [7, 11) is 3.10. The number of Topliss-reactive ketones (excluding diaryl/α,β-unsaturated/α-hetero) is 1. The number of ether oxygens (including phenoxy) is 2. The van der Waals surface area contributed by atoms with Crippen LogP contribution in [0, 0.1) is 5.41 Å². The van der Waals surface area contributed by atoms with E-state index in [0.29, 0.717) is 11.3 Å². The lowest BCUT2D eigenvalue weighted by Crippen LogP contribution is -2.25. The monoisotopic (exact) mass is 353 g/mol. The fourth-order valence-electron chi connectivity index (χ4n) is 2.72. The largest absolute Gasteiger partial charge is 0.482 e. The molecule has 0 fully saturated rings. The van der Waals surface area contributed by atoms with Crippen molar-refractivity contribution >= 4 is 22.8 Å². The molecule has 7 heteroatoms. The third kappa shape index (κ3) is 3.37. The van der Waals surface area contributed by atoms with Gasteiger partial charge in [0.15, 0.2) is 12.4 Å². The lowest BCUT2D eigenvalue weighted by atomic mass is 10.1. The molecule has 0 atom stereocenters. The van der Waals surface area contributed by atoms with Crippen LogP contribution in [-0.4, -0.2) is 34.6 Å². The summed E-state index contributed by atoms with van der Waals surface area (Å²) >= 11 is 0. The number of imidazole rings is 1. The maximum absolute atomic E-state index is 12.6. The molecule has 3 aromatic rings. The molecule has 0 saturated heterocycles. The molecule has 0 aliphatic heterocycles. The molecule has 2 aromatic carbocycles. The first-order chi connectivity index (χ1) is 12.5. The van der Waals surface area contributed by atoms with Crippen molar-refractivity contribution in [2.45, 2.75) is 6.54 Å². The van der Waals surface area contributed by atoms with Gasteiger partial charge < -0.3 is 18.6 Å². The van der Waals surface area contributed by atoms with Gasteiger partial charge in [0.25, 0.3) is 0 Å². The van der Waals surface area contributed by atoms with E-state index in [9.17, 15) is 9.59 Å². The first-order valence-corrected chi connectivity index (χ1v) is 8.03. The summed E-state index contributed by atoms with van der Waals surface area (Å²) in [5.74, 6) is -0.106. The molecule has 26 heavy (non-hydrogen) atoms. The van der Waals surface area contributed by atoms with Gasteiger partial charge in [-0.3, -0.25) is 10.2 Å². The lowest BCUT2D eigenvalue weighted by molar-refractivity contribution is -0.142. The van der Waals surface area contributed by atoms with Gasteiger partial charge in [0.05, 0.1) is 24.7 Å². The van der Waals surface area contributed by atoms with E-state index < -0.39 is 5.97 Å². The summed E-state index contributed by atoms with van der Waals surface area (Å²) in [5, 5.41) is 8.24. The second kappa shape index (κ2) is 7.26. The molecule has 1 aromatic heterocycles. The predicted molar refractivity (Wildman–Crippen MR) is 95.0 cm³/mol. The standard InChI is InChI=1S/C19H19N3O4/c1-21-15-5-3-4-6-16(15)22(19(21)20)11-17(23)13-7-9-14(10-8-13)26-12-18(24)25-2/h3-10,20H,11-12H2,1-2H3. The molecule has 1 heterocycles. The molecule has 3 rings (SSSR count). The Morgan fingerprint density at radius 2 is 1.69 bits per heavy atom. The molecule has 0 radical (unpaired) electrons. The van der Waals surface area contributed by atoms with Crippen LogP contribution in [0.4, 0.5) is 0 Å². The average molecular weight is 353 g/mol. The topological polar surface area (TPSA) is 86.3 Å². The van der Waals surface area contributed by atoms with Crippen molar-refractivity contribution in [2.75, 3.05) is 13.7 Å². The molecular weight excluding hydrogens is 334 g/mol. The highest BCUT2D eigenvalue weighted by molar-refractivity contribution is 5.96. The molecule has 0 unspecified atom stereocenters. The van der Waals surface area contributed by atoms with Crippen molar-refractivity contribution in [1.82, 2.24) is 9.13 Å². The maximum Gasteiger partial charge on any atom is 0.343 e. The zero-order chi connectivity index (χ0) is 18.7. The highest BCUT2D eigenvalue weighted by Crippen LogP contribution is 2.15. The van der Waals surface area contributed by atoms with Gasteiger partial charge in [0, 0.05) is 12.6 Å². The zero-order valence-electron chi connectivity index (χ0n) is 14.6. The summed E-state index contributed by atoms with van der Waals surface area (Å²) in [6.07, 6.45) is 0. The van der Waals surface area contributed by atoms with Gasteiger partial charge in [0.1, 0.15) is 5.75 Å². The number of esters is 1. The van der Waals surface area contributed by atoms with Crippen LogP contribution in [-0.2, 0) is 23.1 Å². The number of carbonyl (C=O) groups is 2. The quantitative estimate of drug-likeness (QED) is 0.542. The third-order valence-electron chi connectivity index (χ3n) is 4.17. The Bertz CT molecular complexity index is 1020. The number of hydrogen-bond donors (Lipinski definition) is 1. The second-order valence-corrected chi connectivity index (χ2v) is 5.77. The van der Waals surface area contributed by atoms with Crippen LogP contribution in [0.15, 0.2) is 48.5 Å². The van der Waals surface area contributed by atoms with E-state index in [0.717, 1.165) is 11.0 Å². The van der Waals surface area contributed by atoms with E-state index in [1.54, 1.807) is 40.4 Å². The summed E-state index contributed by atoms with van der Waals surface area (Å²) in [6.45, 7) is -0.111. The Hall–Kier alpha value is -3.35. The summed E-state index contributed by atoms with van der Waals surface area (Å²) in [6, 6.07) is 14.1. The van der Waals surface area contributed by atoms with Gasteiger partial charge in [-0.2, -0.15) is 0 Å². The van der Waals surface area contributed by atoms with Crippen molar-refractivity contribution in [1.29, 1.82) is 5.41 Å². The van der Waals surface area contributed by atoms with Crippen molar-refractivity contribution in [3.05, 3.63) is 59.7 Å². The average Bonchev–Trinajstić information content (AvgIpc) is 2.91. The van der Waals surface area contributed by atoms with Crippen molar-refractivity contribution in [3.63, 3.8) is 0 Å². The lowest BCUT2D eigenvalue weighted by Gasteiger charge is -2.07. The number of para-hydroxylation sites is 2. The third-order valence-corrected chi connectivity index (χ3v) is 4.17. The number of hydrogen-bond acceptors (Lipinski definition) is 5. The number of rotatable bonds is 6. The molecule has 0 bridgehead atoms. The van der Waals surface area contributed by atoms with E-state index in [1.807, 2.05) is 24.3 Å². The first-order valence-electron chi connectivity index (χ1n) is 8.03. The first kappa shape index (κ1) is 17.5. The number of fused-ring (bicyclic) bond motifs is 1. The van der Waals surface area contributed by atoms with Gasteiger partial charge in [-0.25, -0.2) is 4.79 Å². The molecule has 0 saturated carbocycles. The Balaban J connectivity index is 1.78. The summed E-state index contributed by atoms with van der Waals surface area (Å²) < 4.78 is 13.2. The minimum absolute atomic E-state index is 0.0720. The van der Waals surface area contributed by atoms with Gasteiger partial charge in [0.2, 0.25) is 5.62 Å². The smallest absolute Gasteiger partial charge is 0.343 e. The van der Waals surface area contributed by atoms with Gasteiger partial charge >= 0.3 is 5.97 Å². The van der Waals surface area contributed by atoms with Crippen LogP contribution in [0.3, 0.4) is 0 Å². The Morgan fingerprint density at radius 3 is 2.35 bits per heavy atom. The highest BCUT2D eigenvalue weighted by atomic mass is 16.6. The normalized spacial score (nSPS) is 10.7. The molecule has 134 valence electrons. The van der Waals surface area contributed by atoms with Gasteiger partial charge in [-0.1, -0.05) is 12.1 Å². The summed E-state index contributed by atoms with van der Waals surface area (Å²) in [4.78, 5) is 23.7. The minimum Gasteiger partial charge on any atom is -0.482 e. The molecule has 0 aliphatic carbocycles. The van der Waals surface area contributed by atoms with Crippen LogP contribution in [0.1, 0.15) is 10.4 Å². The Kier molecular flexibility index (Phi) is 4.88. The predicted octanol–water partition coefficient (Wildman–Crippen LogP) is 1.89. The number of aromatic nitrogens is 2. The number of carbonyl (C=O) groups excluding carboxylic acids is 2. The fourth-order valence-corrected chi connectivity index (χ4v) is 2.72. The maximum atomic E-state index is 12.6. The summed E-state index contributed by atoms with van der Waals surface area (Å²) in [5.41, 5.74) is 2.51. The SMILES string of the molecule is COC(=O)COc1ccc(C(=O)Cn2c(=N)n(C)c3ccccc32)cc1. The minimum atomic E-state index is -0.472. The molecule has 0 spiro atoms. The number of aryl methyl sites for hydroxylation is 1. The molecule has 0 amide bonds. The number of benzene rings is 2.